The summed E-state index contributed by atoms with van der Waals surface area (Å²) in [5, 5.41) is 3.05. The summed E-state index contributed by atoms with van der Waals surface area (Å²) in [5.41, 5.74) is 1.16. The number of hydrogen-bond donors (Lipinski definition) is 2. The summed E-state index contributed by atoms with van der Waals surface area (Å²) < 4.78 is 5.58. The lowest BCUT2D eigenvalue weighted by Crippen LogP contribution is -2.42. The van der Waals surface area contributed by atoms with E-state index in [2.05, 4.69) is 15.3 Å². The van der Waals surface area contributed by atoms with Gasteiger partial charge in [-0.2, -0.15) is 0 Å². The Bertz CT molecular complexity index is 620. The number of para-hydroxylation sites is 1. The predicted octanol–water partition coefficient (Wildman–Crippen LogP) is 1.94. The lowest BCUT2D eigenvalue weighted by atomic mass is 9.88. The number of aromatic amines is 1. The second-order valence-corrected chi connectivity index (χ2v) is 5.47. The van der Waals surface area contributed by atoms with Crippen molar-refractivity contribution in [1.82, 2.24) is 15.3 Å². The number of nitrogens with zero attached hydrogens (tertiary/aromatic N) is 1. The summed E-state index contributed by atoms with van der Waals surface area (Å²) in [7, 11) is 0. The third kappa shape index (κ3) is 2.05. The molecule has 2 heterocycles. The van der Waals surface area contributed by atoms with Gasteiger partial charge in [0.15, 0.2) is 0 Å². The number of carbonyl (C=O) groups excluding carboxylic acids is 1. The van der Waals surface area contributed by atoms with Gasteiger partial charge >= 0.3 is 0 Å². The van der Waals surface area contributed by atoms with Crippen LogP contribution >= 0.6 is 0 Å². The lowest BCUT2D eigenvalue weighted by Gasteiger charge is -2.24. The lowest BCUT2D eigenvalue weighted by molar-refractivity contribution is -0.126. The average Bonchev–Trinajstić information content (AvgIpc) is 3.09. The van der Waals surface area contributed by atoms with Crippen molar-refractivity contribution in [3.8, 4) is 5.75 Å². The smallest absolute Gasteiger partial charge is 0.232 e. The van der Waals surface area contributed by atoms with Gasteiger partial charge in [-0.1, -0.05) is 18.2 Å². The third-order valence-electron chi connectivity index (χ3n) is 3.74. The molecule has 0 bridgehead atoms. The Kier molecular flexibility index (Phi) is 2.97. The number of carbonyl (C=O) groups is 1. The van der Waals surface area contributed by atoms with Crippen molar-refractivity contribution in [2.45, 2.75) is 25.3 Å². The van der Waals surface area contributed by atoms with Gasteiger partial charge in [-0.25, -0.2) is 4.98 Å². The van der Waals surface area contributed by atoms with E-state index in [0.29, 0.717) is 6.61 Å². The van der Waals surface area contributed by atoms with E-state index in [1.807, 2.05) is 38.1 Å². The maximum absolute atomic E-state index is 12.5. The minimum Gasteiger partial charge on any atom is -0.491 e. The minimum atomic E-state index is -0.659. The van der Waals surface area contributed by atoms with Crippen LogP contribution in [0.2, 0.25) is 0 Å². The molecule has 1 amide bonds. The van der Waals surface area contributed by atoms with Crippen molar-refractivity contribution >= 4 is 5.91 Å². The fourth-order valence-corrected chi connectivity index (χ4v) is 2.34. The van der Waals surface area contributed by atoms with Crippen LogP contribution in [0.4, 0.5) is 0 Å². The predicted molar refractivity (Wildman–Crippen MR) is 74.4 cm³/mol. The standard InChI is InChI=1S/C15H17N3O2/c1-15(2,13-7-16-9-17-13)14(19)18-11-8-20-12-6-4-3-5-10(11)12/h3-7,9,11H,8H2,1-2H3,(H,16,17)(H,18,19)/t11-/m0/s1. The highest BCUT2D eigenvalue weighted by molar-refractivity contribution is 5.87. The topological polar surface area (TPSA) is 67.0 Å². The Morgan fingerprint density at radius 1 is 1.45 bits per heavy atom. The molecule has 5 heteroatoms. The van der Waals surface area contributed by atoms with Crippen LogP contribution in [0.25, 0.3) is 0 Å². The first kappa shape index (κ1) is 12.7. The van der Waals surface area contributed by atoms with Crippen LogP contribution in [0.15, 0.2) is 36.8 Å². The molecule has 0 saturated heterocycles. The Morgan fingerprint density at radius 2 is 2.25 bits per heavy atom. The molecule has 1 aromatic carbocycles. The van der Waals surface area contributed by atoms with Crippen molar-refractivity contribution in [1.29, 1.82) is 0 Å². The summed E-state index contributed by atoms with van der Waals surface area (Å²) in [6.07, 6.45) is 3.26. The molecule has 1 aromatic heterocycles. The van der Waals surface area contributed by atoms with E-state index in [4.69, 9.17) is 4.74 Å². The molecule has 1 atom stereocenters. The molecule has 0 radical (unpaired) electrons. The molecule has 0 unspecified atom stereocenters. The number of aromatic nitrogens is 2. The Morgan fingerprint density at radius 3 is 3.00 bits per heavy atom. The minimum absolute atomic E-state index is 0.0490. The molecular weight excluding hydrogens is 254 g/mol. The third-order valence-corrected chi connectivity index (χ3v) is 3.74. The van der Waals surface area contributed by atoms with Gasteiger partial charge in [-0.3, -0.25) is 4.79 Å². The first-order valence-corrected chi connectivity index (χ1v) is 6.60. The molecular formula is C15H17N3O2. The van der Waals surface area contributed by atoms with Gasteiger partial charge < -0.3 is 15.0 Å². The highest BCUT2D eigenvalue weighted by Crippen LogP contribution is 2.32. The van der Waals surface area contributed by atoms with Crippen LogP contribution in [0.3, 0.4) is 0 Å². The SMILES string of the molecule is CC(C)(C(=O)N[C@H]1COc2ccccc21)c1cnc[nH]1. The molecule has 0 spiro atoms. The van der Waals surface area contributed by atoms with E-state index >= 15 is 0 Å². The van der Waals surface area contributed by atoms with Crippen molar-refractivity contribution in [2.75, 3.05) is 6.61 Å². The van der Waals surface area contributed by atoms with Gasteiger partial charge in [0.1, 0.15) is 12.4 Å². The summed E-state index contributed by atoms with van der Waals surface area (Å²) in [6.45, 7) is 4.22. The molecule has 0 saturated carbocycles. The van der Waals surface area contributed by atoms with Gasteiger partial charge in [0.25, 0.3) is 0 Å². The highest BCUT2D eigenvalue weighted by atomic mass is 16.5. The number of hydrogen-bond acceptors (Lipinski definition) is 3. The van der Waals surface area contributed by atoms with Gasteiger partial charge in [0.2, 0.25) is 5.91 Å². The first-order chi connectivity index (χ1) is 9.59. The summed E-state index contributed by atoms with van der Waals surface area (Å²) in [6, 6.07) is 7.68. The average molecular weight is 271 g/mol. The van der Waals surface area contributed by atoms with Crippen LogP contribution in [-0.2, 0) is 10.2 Å². The second kappa shape index (κ2) is 4.67. The van der Waals surface area contributed by atoms with E-state index < -0.39 is 5.41 Å². The molecule has 20 heavy (non-hydrogen) atoms. The zero-order valence-corrected chi connectivity index (χ0v) is 11.5. The molecule has 1 aliphatic rings. The summed E-state index contributed by atoms with van der Waals surface area (Å²) in [4.78, 5) is 19.5. The molecule has 104 valence electrons. The fraction of sp³-hybridized carbons (Fsp3) is 0.333. The van der Waals surface area contributed by atoms with Crippen molar-refractivity contribution < 1.29 is 9.53 Å². The molecule has 5 nitrogen and oxygen atoms in total. The fourth-order valence-electron chi connectivity index (χ4n) is 2.34. The monoisotopic (exact) mass is 271 g/mol. The largest absolute Gasteiger partial charge is 0.491 e. The number of H-pyrrole nitrogens is 1. The van der Waals surface area contributed by atoms with Crippen LogP contribution in [-0.4, -0.2) is 22.5 Å². The number of nitrogens with one attached hydrogen (secondary N) is 2. The number of rotatable bonds is 3. The van der Waals surface area contributed by atoms with E-state index in [0.717, 1.165) is 17.0 Å². The number of amides is 1. The van der Waals surface area contributed by atoms with Crippen LogP contribution < -0.4 is 10.1 Å². The van der Waals surface area contributed by atoms with Gasteiger partial charge in [0, 0.05) is 17.5 Å². The number of benzene rings is 1. The molecule has 2 N–H and O–H groups in total. The maximum Gasteiger partial charge on any atom is 0.232 e. The van der Waals surface area contributed by atoms with Crippen molar-refractivity contribution in [2.24, 2.45) is 0 Å². The molecule has 0 aliphatic carbocycles. The molecule has 3 rings (SSSR count). The van der Waals surface area contributed by atoms with E-state index in [1.165, 1.54) is 0 Å². The summed E-state index contributed by atoms with van der Waals surface area (Å²) >= 11 is 0. The van der Waals surface area contributed by atoms with Crippen molar-refractivity contribution in [3.05, 3.63) is 48.0 Å². The Labute approximate surface area is 117 Å². The molecule has 2 aromatic rings. The van der Waals surface area contributed by atoms with E-state index in [-0.39, 0.29) is 11.9 Å². The Balaban J connectivity index is 1.78. The quantitative estimate of drug-likeness (QED) is 0.896. The van der Waals surface area contributed by atoms with Crippen LogP contribution in [0.1, 0.15) is 31.1 Å². The Hall–Kier alpha value is -2.30. The molecule has 0 fully saturated rings. The zero-order valence-electron chi connectivity index (χ0n) is 11.5. The van der Waals surface area contributed by atoms with Gasteiger partial charge in [0.05, 0.1) is 17.8 Å². The normalized spacial score (nSPS) is 17.4. The van der Waals surface area contributed by atoms with Gasteiger partial charge in [-0.15, -0.1) is 0 Å². The van der Waals surface area contributed by atoms with Crippen LogP contribution in [0.5, 0.6) is 5.75 Å². The molecule has 1 aliphatic heterocycles. The number of ether oxygens (including phenoxy) is 1. The summed E-state index contributed by atoms with van der Waals surface area (Å²) in [5.74, 6) is 0.796. The van der Waals surface area contributed by atoms with E-state index in [9.17, 15) is 4.79 Å². The first-order valence-electron chi connectivity index (χ1n) is 6.60. The van der Waals surface area contributed by atoms with E-state index in [1.54, 1.807) is 12.5 Å². The maximum atomic E-state index is 12.5. The highest BCUT2D eigenvalue weighted by Gasteiger charge is 2.34. The van der Waals surface area contributed by atoms with Gasteiger partial charge in [-0.05, 0) is 19.9 Å². The van der Waals surface area contributed by atoms with Crippen molar-refractivity contribution in [3.63, 3.8) is 0 Å². The second-order valence-electron chi connectivity index (χ2n) is 5.47. The zero-order chi connectivity index (χ0) is 14.2. The number of fused-ring (bicyclic) bond motifs is 1. The number of imidazole rings is 1. The van der Waals surface area contributed by atoms with Crippen LogP contribution in [0, 0.1) is 0 Å².